The van der Waals surface area contributed by atoms with Crippen LogP contribution < -0.4 is 15.4 Å². The molecule has 1 amide bonds. The summed E-state index contributed by atoms with van der Waals surface area (Å²) in [5.41, 5.74) is 2.11. The zero-order valence-corrected chi connectivity index (χ0v) is 23.1. The molecule has 1 atom stereocenters. The van der Waals surface area contributed by atoms with Crippen LogP contribution in [0.25, 0.3) is 11.7 Å². The quantitative estimate of drug-likeness (QED) is 0.342. The Bertz CT molecular complexity index is 1540. The number of para-hydroxylation sites is 1. The minimum Gasteiger partial charge on any atom is -0.376 e. The van der Waals surface area contributed by atoms with Crippen molar-refractivity contribution in [3.63, 3.8) is 0 Å². The van der Waals surface area contributed by atoms with Crippen molar-refractivity contribution in [1.29, 1.82) is 0 Å². The number of pyridine rings is 1. The maximum atomic E-state index is 14.4. The van der Waals surface area contributed by atoms with Crippen molar-refractivity contribution in [2.45, 2.75) is 25.9 Å². The molecule has 39 heavy (non-hydrogen) atoms. The van der Waals surface area contributed by atoms with Gasteiger partial charge in [0.2, 0.25) is 0 Å². The molecule has 6 rings (SSSR count). The van der Waals surface area contributed by atoms with Crippen LogP contribution in [-0.4, -0.2) is 69.9 Å². The van der Waals surface area contributed by atoms with E-state index in [1.807, 2.05) is 34.9 Å². The number of carbonyl (C=O) groups is 1. The Morgan fingerprint density at radius 1 is 1.13 bits per heavy atom. The van der Waals surface area contributed by atoms with Crippen LogP contribution in [0.3, 0.4) is 0 Å². The van der Waals surface area contributed by atoms with Crippen molar-refractivity contribution in [3.8, 4) is 0 Å². The molecule has 8 nitrogen and oxygen atoms in total. The molecule has 3 saturated heterocycles. The minimum absolute atomic E-state index is 0.0240. The predicted molar refractivity (Wildman–Crippen MR) is 156 cm³/mol. The van der Waals surface area contributed by atoms with E-state index in [-0.39, 0.29) is 23.4 Å². The number of hydrogen-bond donors (Lipinski definition) is 0. The first kappa shape index (κ1) is 26.0. The van der Waals surface area contributed by atoms with Crippen LogP contribution in [0.4, 0.5) is 15.9 Å². The second-order valence-corrected chi connectivity index (χ2v) is 11.6. The molecule has 202 valence electrons. The van der Waals surface area contributed by atoms with Gasteiger partial charge in [-0.3, -0.25) is 18.9 Å². The number of piperazine rings is 1. The van der Waals surface area contributed by atoms with E-state index in [1.54, 1.807) is 29.3 Å². The average molecular weight is 566 g/mol. The SMILES string of the molecule is Cc1ccc2nc(N3CCN(c4ccccc4F)CC3)c(/C=C3/SC(=S)N(CC4CCCO4)C3=O)c(=O)n2c1. The molecule has 0 radical (unpaired) electrons. The topological polar surface area (TPSA) is 70.4 Å². The van der Waals surface area contributed by atoms with E-state index in [9.17, 15) is 14.0 Å². The smallest absolute Gasteiger partial charge is 0.267 e. The molecule has 3 aliphatic heterocycles. The first-order valence-electron chi connectivity index (χ1n) is 13.0. The van der Waals surface area contributed by atoms with Gasteiger partial charge in [-0.05, 0) is 49.6 Å². The molecule has 0 spiro atoms. The fourth-order valence-corrected chi connectivity index (χ4v) is 6.52. The number of hydrogen-bond acceptors (Lipinski definition) is 8. The van der Waals surface area contributed by atoms with Gasteiger partial charge in [0.15, 0.2) is 0 Å². The molecule has 3 fully saturated rings. The Balaban J connectivity index is 1.34. The highest BCUT2D eigenvalue weighted by molar-refractivity contribution is 8.26. The molecule has 3 aromatic rings. The summed E-state index contributed by atoms with van der Waals surface area (Å²) in [7, 11) is 0. The predicted octanol–water partition coefficient (Wildman–Crippen LogP) is 3.85. The maximum Gasteiger partial charge on any atom is 0.267 e. The second-order valence-electron chi connectivity index (χ2n) is 9.94. The molecular formula is C28H28FN5O3S2. The number of aryl methyl sites for hydroxylation is 1. The third-order valence-electron chi connectivity index (χ3n) is 7.32. The van der Waals surface area contributed by atoms with Gasteiger partial charge < -0.3 is 14.5 Å². The fourth-order valence-electron chi connectivity index (χ4n) is 5.26. The first-order chi connectivity index (χ1) is 18.9. The van der Waals surface area contributed by atoms with Crippen LogP contribution in [0.1, 0.15) is 24.0 Å². The molecule has 1 unspecified atom stereocenters. The Morgan fingerprint density at radius 2 is 1.90 bits per heavy atom. The lowest BCUT2D eigenvalue weighted by Crippen LogP contribution is -2.47. The maximum absolute atomic E-state index is 14.4. The van der Waals surface area contributed by atoms with Crippen LogP contribution >= 0.6 is 24.0 Å². The number of amides is 1. The van der Waals surface area contributed by atoms with Crippen molar-refractivity contribution >= 4 is 57.4 Å². The molecule has 11 heteroatoms. The monoisotopic (exact) mass is 565 g/mol. The number of nitrogens with zero attached hydrogens (tertiary/aromatic N) is 5. The van der Waals surface area contributed by atoms with Gasteiger partial charge in [0.1, 0.15) is 21.6 Å². The van der Waals surface area contributed by atoms with E-state index >= 15 is 0 Å². The third-order valence-corrected chi connectivity index (χ3v) is 8.69. The number of benzene rings is 1. The van der Waals surface area contributed by atoms with Crippen molar-refractivity contribution in [2.75, 3.05) is 49.1 Å². The normalized spacial score (nSPS) is 21.1. The number of carbonyl (C=O) groups excluding carboxylic acids is 1. The van der Waals surface area contributed by atoms with E-state index in [2.05, 4.69) is 0 Å². The van der Waals surface area contributed by atoms with Gasteiger partial charge in [0.05, 0.1) is 28.8 Å². The lowest BCUT2D eigenvalue weighted by atomic mass is 10.2. The molecular weight excluding hydrogens is 537 g/mol. The summed E-state index contributed by atoms with van der Waals surface area (Å²) in [6, 6.07) is 10.5. The number of aromatic nitrogens is 2. The highest BCUT2D eigenvalue weighted by Crippen LogP contribution is 2.34. The number of rotatable bonds is 5. The van der Waals surface area contributed by atoms with E-state index in [0.29, 0.717) is 71.3 Å². The molecule has 3 aliphatic rings. The van der Waals surface area contributed by atoms with Gasteiger partial charge in [-0.15, -0.1) is 0 Å². The Morgan fingerprint density at radius 3 is 2.64 bits per heavy atom. The molecule has 0 bridgehead atoms. The van der Waals surface area contributed by atoms with Crippen molar-refractivity contribution < 1.29 is 13.9 Å². The number of thioether (sulfide) groups is 1. The van der Waals surface area contributed by atoms with Crippen molar-refractivity contribution in [1.82, 2.24) is 14.3 Å². The molecule has 0 aliphatic carbocycles. The summed E-state index contributed by atoms with van der Waals surface area (Å²) in [4.78, 5) is 38.1. The summed E-state index contributed by atoms with van der Waals surface area (Å²) in [6.07, 6.45) is 5.24. The zero-order chi connectivity index (χ0) is 27.1. The lowest BCUT2D eigenvalue weighted by Gasteiger charge is -2.37. The fraction of sp³-hybridized carbons (Fsp3) is 0.357. The Labute approximate surface area is 235 Å². The molecule has 0 saturated carbocycles. The number of halogens is 1. The number of anilines is 2. The average Bonchev–Trinajstić information content (AvgIpc) is 3.55. The lowest BCUT2D eigenvalue weighted by molar-refractivity contribution is -0.123. The largest absolute Gasteiger partial charge is 0.376 e. The Kier molecular flexibility index (Phi) is 7.13. The van der Waals surface area contributed by atoms with Gasteiger partial charge in [0, 0.05) is 39.0 Å². The minimum atomic E-state index is -0.255. The number of thiocarbonyl (C=S) groups is 1. The van der Waals surface area contributed by atoms with Gasteiger partial charge in [-0.1, -0.05) is 42.2 Å². The van der Waals surface area contributed by atoms with Crippen LogP contribution in [0, 0.1) is 12.7 Å². The summed E-state index contributed by atoms with van der Waals surface area (Å²) in [5, 5.41) is 0. The number of fused-ring (bicyclic) bond motifs is 1. The summed E-state index contributed by atoms with van der Waals surface area (Å²) in [5.74, 6) is 0.0418. The van der Waals surface area contributed by atoms with Crippen LogP contribution in [-0.2, 0) is 9.53 Å². The third kappa shape index (κ3) is 5.06. The summed E-state index contributed by atoms with van der Waals surface area (Å²) >= 11 is 6.73. The molecule has 2 aromatic heterocycles. The van der Waals surface area contributed by atoms with E-state index in [0.717, 1.165) is 18.4 Å². The molecule has 1 aromatic carbocycles. The zero-order valence-electron chi connectivity index (χ0n) is 21.5. The van der Waals surface area contributed by atoms with Crippen LogP contribution in [0.5, 0.6) is 0 Å². The number of ether oxygens (including phenoxy) is 1. The first-order valence-corrected chi connectivity index (χ1v) is 14.3. The highest BCUT2D eigenvalue weighted by atomic mass is 32.2. The van der Waals surface area contributed by atoms with Gasteiger partial charge >= 0.3 is 0 Å². The van der Waals surface area contributed by atoms with Crippen molar-refractivity contribution in [2.24, 2.45) is 0 Å². The second kappa shape index (κ2) is 10.7. The van der Waals surface area contributed by atoms with E-state index < -0.39 is 0 Å². The molecule has 5 heterocycles. The Hall–Kier alpha value is -3.28. The molecule has 0 N–H and O–H groups in total. The summed E-state index contributed by atoms with van der Waals surface area (Å²) < 4.78 is 22.1. The highest BCUT2D eigenvalue weighted by Gasteiger charge is 2.35. The van der Waals surface area contributed by atoms with Crippen LogP contribution in [0.2, 0.25) is 0 Å². The standard InChI is InChI=1S/C28H28FN5O3S2/c1-18-8-9-24-30-25(32-12-10-31(11-13-32)22-7-3-2-6-21(22)29)20(26(35)33(24)16-18)15-23-27(36)34(28(38)39-23)17-19-5-4-14-37-19/h2-3,6-9,15-16,19H,4-5,10-14,17H2,1H3/b23-15+. The van der Waals surface area contributed by atoms with Gasteiger partial charge in [0.25, 0.3) is 11.5 Å². The van der Waals surface area contributed by atoms with Gasteiger partial charge in [-0.2, -0.15) is 0 Å². The summed E-state index contributed by atoms with van der Waals surface area (Å²) in [6.45, 7) is 5.26. The van der Waals surface area contributed by atoms with E-state index in [4.69, 9.17) is 21.9 Å². The van der Waals surface area contributed by atoms with Crippen molar-refractivity contribution in [3.05, 3.63) is 74.8 Å². The van der Waals surface area contributed by atoms with Gasteiger partial charge in [-0.25, -0.2) is 9.37 Å². The van der Waals surface area contributed by atoms with Crippen LogP contribution in [0.15, 0.2) is 52.3 Å². The van der Waals surface area contributed by atoms with E-state index in [1.165, 1.54) is 22.2 Å².